The van der Waals surface area contributed by atoms with Gasteiger partial charge in [-0.15, -0.1) is 0 Å². The minimum atomic E-state index is -0.673. The molecule has 0 unspecified atom stereocenters. The predicted molar refractivity (Wildman–Crippen MR) is 106 cm³/mol. The lowest BCUT2D eigenvalue weighted by atomic mass is 9.43. The highest BCUT2D eigenvalue weighted by Crippen LogP contribution is 2.66. The molecule has 0 amide bonds. The second kappa shape index (κ2) is 6.84. The zero-order valence-electron chi connectivity index (χ0n) is 17.2. The van der Waals surface area contributed by atoms with Crippen molar-refractivity contribution in [3.05, 3.63) is 0 Å². The van der Waals surface area contributed by atoms with Crippen LogP contribution < -0.4 is 5.32 Å². The average molecular weight is 377 g/mol. The molecule has 0 heterocycles. The number of ketones is 1. The predicted octanol–water partition coefficient (Wildman–Crippen LogP) is 3.31. The summed E-state index contributed by atoms with van der Waals surface area (Å²) in [5.74, 6) is 2.16. The summed E-state index contributed by atoms with van der Waals surface area (Å²) in [5, 5.41) is 19.1. The molecule has 0 radical (unpaired) electrons. The van der Waals surface area contributed by atoms with E-state index in [0.717, 1.165) is 63.6 Å². The Hall–Kier alpha value is -0.940. The molecular formula is C22H36N2O3. The topological polar surface area (TPSA) is 70.9 Å². The molecule has 4 rings (SSSR count). The van der Waals surface area contributed by atoms with Crippen molar-refractivity contribution in [3.63, 3.8) is 0 Å². The van der Waals surface area contributed by atoms with Crippen LogP contribution in [0.2, 0.25) is 0 Å². The van der Waals surface area contributed by atoms with Gasteiger partial charge in [0.1, 0.15) is 12.4 Å². The molecule has 4 saturated carbocycles. The quantitative estimate of drug-likeness (QED) is 0.583. The summed E-state index contributed by atoms with van der Waals surface area (Å²) >= 11 is 0. The largest absolute Gasteiger partial charge is 0.394 e. The zero-order chi connectivity index (χ0) is 19.3. The molecule has 5 heteroatoms. The van der Waals surface area contributed by atoms with Crippen molar-refractivity contribution in [2.45, 2.75) is 77.2 Å². The maximum Gasteiger partial charge on any atom is 0.139 e. The van der Waals surface area contributed by atoms with Crippen LogP contribution in [0.15, 0.2) is 5.16 Å². The maximum atomic E-state index is 12.5. The van der Waals surface area contributed by atoms with Gasteiger partial charge in [0.15, 0.2) is 0 Å². The van der Waals surface area contributed by atoms with Crippen LogP contribution in [0.3, 0.4) is 0 Å². The van der Waals surface area contributed by atoms with Crippen LogP contribution in [0.4, 0.5) is 0 Å². The van der Waals surface area contributed by atoms with E-state index in [1.54, 1.807) is 0 Å². The third-order valence-corrected chi connectivity index (χ3v) is 8.99. The highest BCUT2D eigenvalue weighted by atomic mass is 16.6. The second-order valence-electron chi connectivity index (χ2n) is 10.1. The Morgan fingerprint density at radius 2 is 1.96 bits per heavy atom. The summed E-state index contributed by atoms with van der Waals surface area (Å²) in [7, 11) is 1.90. The van der Waals surface area contributed by atoms with Crippen molar-refractivity contribution in [1.82, 2.24) is 5.32 Å². The Morgan fingerprint density at radius 3 is 2.74 bits per heavy atom. The Kier molecular flexibility index (Phi) is 4.91. The maximum absolute atomic E-state index is 12.5. The third kappa shape index (κ3) is 2.88. The molecule has 152 valence electrons. The standard InChI is InChI=1S/C22H36N2O3/c1-20-9-8-18-16(17(20)4-5-19(20)25)7-11-22(26)14-15(6-10-21(18,22)2)24-27-13-12-23-3/h16-18,23,26H,4-14H2,1-3H3/b24-15-/t16-,17-,18-,20-,21+,22+/m0/s1. The zero-order valence-corrected chi connectivity index (χ0v) is 17.2. The van der Waals surface area contributed by atoms with Crippen molar-refractivity contribution in [2.24, 2.45) is 33.7 Å². The lowest BCUT2D eigenvalue weighted by Crippen LogP contribution is -2.62. The Bertz CT molecular complexity index is 635. The normalized spacial score (nSPS) is 48.1. The van der Waals surface area contributed by atoms with Gasteiger partial charge in [-0.1, -0.05) is 19.0 Å². The van der Waals surface area contributed by atoms with Crippen molar-refractivity contribution in [3.8, 4) is 0 Å². The number of fused-ring (bicyclic) bond motifs is 5. The van der Waals surface area contributed by atoms with E-state index in [0.29, 0.717) is 36.6 Å². The first-order chi connectivity index (χ1) is 12.8. The lowest BCUT2D eigenvalue weighted by Gasteiger charge is -2.62. The van der Waals surface area contributed by atoms with E-state index in [2.05, 4.69) is 24.3 Å². The Morgan fingerprint density at radius 1 is 1.15 bits per heavy atom. The molecule has 2 N–H and O–H groups in total. The SMILES string of the molecule is CNCCO/N=C1/CC[C@]2(C)[C@H]3CC[C@]4(C)C(=O)CC[C@H]4[C@@H]3CC[C@@]2(O)C1. The molecule has 5 nitrogen and oxygen atoms in total. The summed E-state index contributed by atoms with van der Waals surface area (Å²) in [6, 6.07) is 0. The summed E-state index contributed by atoms with van der Waals surface area (Å²) in [6.45, 7) is 5.89. The van der Waals surface area contributed by atoms with Crippen LogP contribution in [0, 0.1) is 28.6 Å². The molecule has 4 aliphatic rings. The summed E-state index contributed by atoms with van der Waals surface area (Å²) in [6.07, 6.45) is 8.37. The number of hydrogen-bond acceptors (Lipinski definition) is 5. The van der Waals surface area contributed by atoms with E-state index >= 15 is 0 Å². The van der Waals surface area contributed by atoms with Gasteiger partial charge in [0, 0.05) is 30.2 Å². The van der Waals surface area contributed by atoms with Gasteiger partial charge in [-0.2, -0.15) is 0 Å². The molecule has 0 aromatic rings. The molecule has 0 saturated heterocycles. The van der Waals surface area contributed by atoms with Crippen LogP contribution in [-0.2, 0) is 9.63 Å². The molecule has 0 aromatic carbocycles. The van der Waals surface area contributed by atoms with Crippen LogP contribution in [0.1, 0.15) is 71.6 Å². The molecular weight excluding hydrogens is 340 g/mol. The van der Waals surface area contributed by atoms with Gasteiger partial charge in [-0.3, -0.25) is 4.79 Å². The van der Waals surface area contributed by atoms with E-state index in [1.165, 1.54) is 0 Å². The first-order valence-electron chi connectivity index (χ1n) is 10.9. The number of aliphatic hydroxyl groups is 1. The number of Topliss-reactive ketones (excluding diaryl/α,β-unsaturated/α-hetero) is 1. The second-order valence-corrected chi connectivity index (χ2v) is 10.1. The van der Waals surface area contributed by atoms with Gasteiger partial charge in [0.05, 0.1) is 11.3 Å². The number of oxime groups is 1. The van der Waals surface area contributed by atoms with Crippen LogP contribution in [0.25, 0.3) is 0 Å². The summed E-state index contributed by atoms with van der Waals surface area (Å²) in [5.41, 5.74) is 0.192. The van der Waals surface area contributed by atoms with Gasteiger partial charge >= 0.3 is 0 Å². The van der Waals surface area contributed by atoms with Gasteiger partial charge in [-0.05, 0) is 69.7 Å². The van der Waals surface area contributed by atoms with Crippen LogP contribution >= 0.6 is 0 Å². The first-order valence-corrected chi connectivity index (χ1v) is 10.9. The monoisotopic (exact) mass is 376 g/mol. The Labute approximate surface area is 163 Å². The molecule has 0 bridgehead atoms. The van der Waals surface area contributed by atoms with Crippen LogP contribution in [0.5, 0.6) is 0 Å². The number of carbonyl (C=O) groups is 1. The van der Waals surface area contributed by atoms with Gasteiger partial charge in [0.2, 0.25) is 0 Å². The highest BCUT2D eigenvalue weighted by molar-refractivity contribution is 5.87. The highest BCUT2D eigenvalue weighted by Gasteiger charge is 2.64. The van der Waals surface area contributed by atoms with Gasteiger partial charge in [-0.25, -0.2) is 0 Å². The minimum absolute atomic E-state index is 0.0626. The molecule has 0 spiro atoms. The van der Waals surface area contributed by atoms with Crippen molar-refractivity contribution in [2.75, 3.05) is 20.2 Å². The number of likely N-dealkylation sites (N-methyl/N-ethyl adjacent to an activating group) is 1. The molecule has 0 aliphatic heterocycles. The first kappa shape index (κ1) is 19.4. The van der Waals surface area contributed by atoms with Crippen LogP contribution in [-0.4, -0.2) is 42.4 Å². The fraction of sp³-hybridized carbons (Fsp3) is 0.909. The minimum Gasteiger partial charge on any atom is -0.394 e. The van der Waals surface area contributed by atoms with Crippen molar-refractivity contribution < 1.29 is 14.7 Å². The van der Waals surface area contributed by atoms with Gasteiger partial charge in [0.25, 0.3) is 0 Å². The van der Waals surface area contributed by atoms with E-state index < -0.39 is 5.60 Å². The molecule has 4 aliphatic carbocycles. The molecule has 27 heavy (non-hydrogen) atoms. The van der Waals surface area contributed by atoms with Gasteiger partial charge < -0.3 is 15.3 Å². The molecule has 6 atom stereocenters. The average Bonchev–Trinajstić information content (AvgIpc) is 2.95. The third-order valence-electron chi connectivity index (χ3n) is 8.99. The lowest BCUT2D eigenvalue weighted by molar-refractivity contribution is -0.188. The number of carbonyl (C=O) groups excluding carboxylic acids is 1. The van der Waals surface area contributed by atoms with E-state index in [9.17, 15) is 9.90 Å². The van der Waals surface area contributed by atoms with E-state index in [1.807, 2.05) is 7.05 Å². The molecule has 0 aromatic heterocycles. The fourth-order valence-corrected chi connectivity index (χ4v) is 7.19. The summed E-state index contributed by atoms with van der Waals surface area (Å²) < 4.78 is 0. The van der Waals surface area contributed by atoms with E-state index in [-0.39, 0.29) is 10.8 Å². The Balaban J connectivity index is 1.52. The smallest absolute Gasteiger partial charge is 0.139 e. The fourth-order valence-electron chi connectivity index (χ4n) is 7.19. The molecule has 4 fully saturated rings. The van der Waals surface area contributed by atoms with E-state index in [4.69, 9.17) is 4.84 Å². The summed E-state index contributed by atoms with van der Waals surface area (Å²) in [4.78, 5) is 18.0. The number of nitrogens with zero attached hydrogens (tertiary/aromatic N) is 1. The number of rotatable bonds is 4. The van der Waals surface area contributed by atoms with Crippen molar-refractivity contribution in [1.29, 1.82) is 0 Å². The number of hydrogen-bond donors (Lipinski definition) is 2. The van der Waals surface area contributed by atoms with Crippen molar-refractivity contribution >= 4 is 11.5 Å². The number of nitrogens with one attached hydrogen (secondary N) is 1.